The average Bonchev–Trinajstić information content (AvgIpc) is 2.97. The predicted molar refractivity (Wildman–Crippen MR) is 89.2 cm³/mol. The lowest BCUT2D eigenvalue weighted by molar-refractivity contribution is -0.154. The van der Waals surface area contributed by atoms with Crippen molar-refractivity contribution in [3.8, 4) is 17.3 Å². The summed E-state index contributed by atoms with van der Waals surface area (Å²) in [6.45, 7) is 2.66. The largest absolute Gasteiger partial charge is 0.454 e. The van der Waals surface area contributed by atoms with Crippen molar-refractivity contribution in [1.82, 2.24) is 15.0 Å². The molecule has 0 bridgehead atoms. The Bertz CT molecular complexity index is 908. The van der Waals surface area contributed by atoms with Crippen molar-refractivity contribution in [2.75, 3.05) is 19.9 Å². The van der Waals surface area contributed by atoms with Crippen molar-refractivity contribution in [2.45, 2.75) is 6.18 Å². The summed E-state index contributed by atoms with van der Waals surface area (Å²) in [6, 6.07) is 5.13. The minimum Gasteiger partial charge on any atom is -0.454 e. The molecule has 0 fully saturated rings. The SMILES string of the molecule is CP(C)c1cccc2c(-c3nc(OCC(F)(F)F)ncc3F)c[nH]c12. The van der Waals surface area contributed by atoms with E-state index in [1.54, 1.807) is 12.3 Å². The van der Waals surface area contributed by atoms with E-state index in [1.807, 2.05) is 12.1 Å². The lowest BCUT2D eigenvalue weighted by atomic mass is 10.1. The van der Waals surface area contributed by atoms with Crippen molar-refractivity contribution < 1.29 is 22.3 Å². The maximum atomic E-state index is 14.2. The van der Waals surface area contributed by atoms with E-state index in [0.29, 0.717) is 5.56 Å². The summed E-state index contributed by atoms with van der Waals surface area (Å²) in [7, 11) is -0.391. The summed E-state index contributed by atoms with van der Waals surface area (Å²) in [6.07, 6.45) is -2.12. The van der Waals surface area contributed by atoms with E-state index in [1.165, 1.54) is 0 Å². The van der Waals surface area contributed by atoms with Crippen molar-refractivity contribution in [3.63, 3.8) is 0 Å². The molecule has 0 atom stereocenters. The fourth-order valence-electron chi connectivity index (χ4n) is 2.46. The van der Waals surface area contributed by atoms with E-state index < -0.39 is 32.5 Å². The Morgan fingerprint density at radius 2 is 2.00 bits per heavy atom. The van der Waals surface area contributed by atoms with Crippen LogP contribution in [0.1, 0.15) is 0 Å². The number of benzene rings is 1. The van der Waals surface area contributed by atoms with Gasteiger partial charge in [0.15, 0.2) is 12.4 Å². The highest BCUT2D eigenvalue weighted by Gasteiger charge is 2.29. The number of nitrogens with one attached hydrogen (secondary N) is 1. The number of fused-ring (bicyclic) bond motifs is 1. The van der Waals surface area contributed by atoms with Gasteiger partial charge < -0.3 is 9.72 Å². The number of aromatic nitrogens is 3. The minimum atomic E-state index is -4.52. The van der Waals surface area contributed by atoms with Gasteiger partial charge in [-0.3, -0.25) is 0 Å². The fourth-order valence-corrected chi connectivity index (χ4v) is 3.48. The second-order valence-corrected chi connectivity index (χ2v) is 7.82. The molecule has 4 nitrogen and oxygen atoms in total. The van der Waals surface area contributed by atoms with Crippen LogP contribution < -0.4 is 10.0 Å². The zero-order chi connectivity index (χ0) is 18.2. The Morgan fingerprint density at radius 1 is 1.24 bits per heavy atom. The Hall–Kier alpha value is -2.21. The molecule has 0 aliphatic rings. The maximum absolute atomic E-state index is 14.2. The number of aromatic amines is 1. The number of ether oxygens (including phenoxy) is 1. The van der Waals surface area contributed by atoms with Gasteiger partial charge in [0.25, 0.3) is 0 Å². The first kappa shape index (κ1) is 17.6. The van der Waals surface area contributed by atoms with Crippen molar-refractivity contribution >= 4 is 24.1 Å². The van der Waals surface area contributed by atoms with E-state index in [-0.39, 0.29) is 5.69 Å². The third-order valence-electron chi connectivity index (χ3n) is 3.52. The zero-order valence-corrected chi connectivity index (χ0v) is 14.3. The molecule has 2 aromatic heterocycles. The molecule has 3 aromatic rings. The van der Waals surface area contributed by atoms with Crippen molar-refractivity contribution in [2.24, 2.45) is 0 Å². The standard InChI is InChI=1S/C16H14F4N3OP/c1-25(2)12-5-3-4-9-10(6-21-14(9)12)13-11(17)7-22-15(23-13)24-8-16(18,19)20/h3-7,21H,8H2,1-2H3. The monoisotopic (exact) mass is 371 g/mol. The van der Waals surface area contributed by atoms with Crippen LogP contribution in [-0.2, 0) is 0 Å². The van der Waals surface area contributed by atoms with Gasteiger partial charge in [-0.05, 0) is 18.6 Å². The summed E-state index contributed by atoms with van der Waals surface area (Å²) in [5.41, 5.74) is 1.21. The highest BCUT2D eigenvalue weighted by Crippen LogP contribution is 2.33. The lowest BCUT2D eigenvalue weighted by Crippen LogP contribution is -2.20. The number of halogens is 4. The summed E-state index contributed by atoms with van der Waals surface area (Å²) >= 11 is 0. The van der Waals surface area contributed by atoms with E-state index in [2.05, 4.69) is 33.0 Å². The molecular weight excluding hydrogens is 357 g/mol. The summed E-state index contributed by atoms with van der Waals surface area (Å²) in [5, 5.41) is 1.86. The van der Waals surface area contributed by atoms with Gasteiger partial charge in [0.05, 0.1) is 11.7 Å². The van der Waals surface area contributed by atoms with Crippen LogP contribution in [0.25, 0.3) is 22.2 Å². The van der Waals surface area contributed by atoms with Gasteiger partial charge in [-0.1, -0.05) is 26.1 Å². The molecule has 25 heavy (non-hydrogen) atoms. The summed E-state index contributed by atoms with van der Waals surface area (Å²) < 4.78 is 55.5. The first-order chi connectivity index (χ1) is 11.8. The van der Waals surface area contributed by atoms with Gasteiger partial charge in [0.2, 0.25) is 0 Å². The molecule has 1 N–H and O–H groups in total. The maximum Gasteiger partial charge on any atom is 0.422 e. The molecule has 1 aromatic carbocycles. The van der Waals surface area contributed by atoms with E-state index >= 15 is 0 Å². The number of hydrogen-bond acceptors (Lipinski definition) is 3. The topological polar surface area (TPSA) is 50.8 Å². The molecule has 0 saturated carbocycles. The zero-order valence-electron chi connectivity index (χ0n) is 13.4. The number of alkyl halides is 3. The summed E-state index contributed by atoms with van der Waals surface area (Å²) in [5.74, 6) is -0.735. The molecule has 132 valence electrons. The van der Waals surface area contributed by atoms with E-state index in [9.17, 15) is 17.6 Å². The molecule has 0 aliphatic carbocycles. The first-order valence-corrected chi connectivity index (χ1v) is 9.50. The molecule has 2 heterocycles. The second-order valence-electron chi connectivity index (χ2n) is 5.55. The van der Waals surface area contributed by atoms with E-state index in [0.717, 1.165) is 22.4 Å². The van der Waals surface area contributed by atoms with Gasteiger partial charge in [-0.15, -0.1) is 0 Å². The molecule has 0 unspecified atom stereocenters. The molecule has 0 saturated heterocycles. The Kier molecular flexibility index (Phi) is 4.64. The second kappa shape index (κ2) is 6.59. The van der Waals surface area contributed by atoms with Crippen LogP contribution in [0.5, 0.6) is 6.01 Å². The van der Waals surface area contributed by atoms with Crippen LogP contribution in [0.3, 0.4) is 0 Å². The highest BCUT2D eigenvalue weighted by atomic mass is 31.1. The Labute approximate surface area is 142 Å². The fraction of sp³-hybridized carbons (Fsp3) is 0.250. The molecule has 9 heteroatoms. The molecule has 0 aliphatic heterocycles. The number of nitrogens with zero attached hydrogens (tertiary/aromatic N) is 2. The van der Waals surface area contributed by atoms with Gasteiger partial charge >= 0.3 is 12.2 Å². The number of rotatable bonds is 4. The molecular formula is C16H14F4N3OP. The summed E-state index contributed by atoms with van der Waals surface area (Å²) in [4.78, 5) is 10.4. The van der Waals surface area contributed by atoms with Crippen LogP contribution in [0.4, 0.5) is 17.6 Å². The third-order valence-corrected chi connectivity index (χ3v) is 4.85. The average molecular weight is 371 g/mol. The number of para-hydroxylation sites is 1. The van der Waals surface area contributed by atoms with Crippen LogP contribution >= 0.6 is 7.92 Å². The molecule has 3 rings (SSSR count). The Morgan fingerprint density at radius 3 is 2.68 bits per heavy atom. The van der Waals surface area contributed by atoms with Crippen LogP contribution in [0.2, 0.25) is 0 Å². The van der Waals surface area contributed by atoms with Crippen molar-refractivity contribution in [1.29, 1.82) is 0 Å². The number of hydrogen-bond donors (Lipinski definition) is 1. The van der Waals surface area contributed by atoms with Gasteiger partial charge in [0.1, 0.15) is 5.69 Å². The normalized spacial score (nSPS) is 12.1. The first-order valence-electron chi connectivity index (χ1n) is 7.26. The van der Waals surface area contributed by atoms with Crippen molar-refractivity contribution in [3.05, 3.63) is 36.4 Å². The molecule has 0 spiro atoms. The van der Waals surface area contributed by atoms with Gasteiger partial charge in [-0.25, -0.2) is 9.37 Å². The lowest BCUT2D eigenvalue weighted by Gasteiger charge is -2.09. The quantitative estimate of drug-likeness (QED) is 0.556. The number of H-pyrrole nitrogens is 1. The third kappa shape index (κ3) is 3.74. The van der Waals surface area contributed by atoms with Crippen LogP contribution in [0, 0.1) is 5.82 Å². The van der Waals surface area contributed by atoms with Gasteiger partial charge in [0, 0.05) is 17.1 Å². The van der Waals surface area contributed by atoms with Gasteiger partial charge in [-0.2, -0.15) is 18.2 Å². The van der Waals surface area contributed by atoms with E-state index in [4.69, 9.17) is 0 Å². The molecule has 0 amide bonds. The minimum absolute atomic E-state index is 0.105. The highest BCUT2D eigenvalue weighted by molar-refractivity contribution is 7.64. The predicted octanol–water partition coefficient (Wildman–Crippen LogP) is 4.07. The van der Waals surface area contributed by atoms with Crippen LogP contribution in [0.15, 0.2) is 30.6 Å². The van der Waals surface area contributed by atoms with Crippen LogP contribution in [-0.4, -0.2) is 41.1 Å². The Balaban J connectivity index is 2.04. The molecule has 0 radical (unpaired) electrons. The smallest absolute Gasteiger partial charge is 0.422 e.